The Morgan fingerprint density at radius 3 is 2.75 bits per heavy atom. The molecule has 12 heavy (non-hydrogen) atoms. The first-order valence-electron chi connectivity index (χ1n) is 3.30. The van der Waals surface area contributed by atoms with Gasteiger partial charge in [0.1, 0.15) is 0 Å². The summed E-state index contributed by atoms with van der Waals surface area (Å²) in [6, 6.07) is 0. The normalized spacial score (nSPS) is 28.2. The van der Waals surface area contributed by atoms with E-state index in [4.69, 9.17) is 21.6 Å². The fraction of sp³-hybridized carbons (Fsp3) is 0.333. The van der Waals surface area contributed by atoms with E-state index in [1.165, 1.54) is 12.2 Å². The molecule has 0 aliphatic heterocycles. The van der Waals surface area contributed by atoms with E-state index in [0.29, 0.717) is 0 Å². The number of halogens is 2. The van der Waals surface area contributed by atoms with Crippen molar-refractivity contribution in [3.63, 3.8) is 0 Å². The molecule has 2 N–H and O–H groups in total. The van der Waals surface area contributed by atoms with Crippen molar-refractivity contribution in [3.8, 4) is 0 Å². The quantitative estimate of drug-likeness (QED) is 0.501. The maximum atomic E-state index is 12.8. The van der Waals surface area contributed by atoms with Crippen molar-refractivity contribution >= 4 is 18.9 Å². The van der Waals surface area contributed by atoms with Gasteiger partial charge in [0.15, 0.2) is 0 Å². The molecule has 0 amide bonds. The first-order valence-corrected chi connectivity index (χ1v) is 3.67. The Balaban J connectivity index is 2.53. The van der Waals surface area contributed by atoms with Gasteiger partial charge in [0.25, 0.3) is 0 Å². The second-order valence-electron chi connectivity index (χ2n) is 2.35. The van der Waals surface area contributed by atoms with Crippen molar-refractivity contribution in [1.29, 1.82) is 0 Å². The van der Waals surface area contributed by atoms with Gasteiger partial charge < -0.3 is 14.7 Å². The van der Waals surface area contributed by atoms with Crippen molar-refractivity contribution < 1.29 is 19.1 Å². The summed E-state index contributed by atoms with van der Waals surface area (Å²) in [5.41, 5.74) is 0. The van der Waals surface area contributed by atoms with E-state index in [-0.39, 0.29) is 12.2 Å². The Hall–Kier alpha value is -0.515. The molecule has 0 fully saturated rings. The molecular weight excluding hydrogens is 185 g/mol. The molecule has 0 aromatic carbocycles. The third-order valence-corrected chi connectivity index (χ3v) is 1.59. The Morgan fingerprint density at radius 2 is 2.33 bits per heavy atom. The molecular formula is C6H7BClFO3. The molecule has 0 aromatic rings. The smallest absolute Gasteiger partial charge is 0.512 e. The molecule has 0 aromatic heterocycles. The zero-order valence-electron chi connectivity index (χ0n) is 6.08. The highest BCUT2D eigenvalue weighted by atomic mass is 35.5. The van der Waals surface area contributed by atoms with Crippen molar-refractivity contribution in [2.75, 3.05) is 0 Å². The minimum Gasteiger partial charge on any atom is -0.512 e. The average molecular weight is 192 g/mol. The van der Waals surface area contributed by atoms with E-state index in [1.807, 2.05) is 0 Å². The molecule has 1 rings (SSSR count). The van der Waals surface area contributed by atoms with Crippen LogP contribution >= 0.6 is 11.6 Å². The summed E-state index contributed by atoms with van der Waals surface area (Å²) in [7, 11) is -1.89. The fourth-order valence-electron chi connectivity index (χ4n) is 0.786. The summed E-state index contributed by atoms with van der Waals surface area (Å²) in [5, 5.41) is 14.9. The van der Waals surface area contributed by atoms with E-state index in [0.717, 1.165) is 6.08 Å². The molecule has 0 saturated heterocycles. The van der Waals surface area contributed by atoms with Gasteiger partial charge in [-0.15, -0.1) is 0 Å². The summed E-state index contributed by atoms with van der Waals surface area (Å²) in [4.78, 5) is 0. The van der Waals surface area contributed by atoms with E-state index < -0.39 is 12.4 Å². The van der Waals surface area contributed by atoms with Crippen LogP contribution in [0, 0.1) is 0 Å². The highest BCUT2D eigenvalue weighted by Crippen LogP contribution is 2.29. The largest absolute Gasteiger partial charge is 0.707 e. The van der Waals surface area contributed by atoms with Crippen molar-refractivity contribution in [1.82, 2.24) is 0 Å². The molecule has 6 heteroatoms. The third kappa shape index (κ3) is 2.85. The molecule has 1 unspecified atom stereocenters. The summed E-state index contributed by atoms with van der Waals surface area (Å²) in [5.74, 6) is 0.193. The van der Waals surface area contributed by atoms with Gasteiger partial charge in [-0.3, -0.25) is 0 Å². The van der Waals surface area contributed by atoms with Crippen LogP contribution in [0.3, 0.4) is 0 Å². The Labute approximate surface area is 74.3 Å². The van der Waals surface area contributed by atoms with Crippen LogP contribution < -0.4 is 0 Å². The maximum absolute atomic E-state index is 12.8. The predicted octanol–water partition coefficient (Wildman–Crippen LogP) is 0.721. The number of rotatable bonds is 2. The number of hydrogen-bond donors (Lipinski definition) is 2. The van der Waals surface area contributed by atoms with Gasteiger partial charge >= 0.3 is 7.32 Å². The predicted molar refractivity (Wildman–Crippen MR) is 42.8 cm³/mol. The lowest BCUT2D eigenvalue weighted by atomic mass is 10.1. The molecule has 0 heterocycles. The minimum absolute atomic E-state index is 0.0485. The number of allylic oxidation sites excluding steroid dienone is 3. The Kier molecular flexibility index (Phi) is 2.77. The molecule has 1 aliphatic rings. The number of alkyl halides is 2. The van der Waals surface area contributed by atoms with Crippen LogP contribution in [0.1, 0.15) is 6.42 Å². The van der Waals surface area contributed by atoms with Gasteiger partial charge in [-0.2, -0.15) is 0 Å². The molecule has 1 atom stereocenters. The first kappa shape index (κ1) is 9.57. The summed E-state index contributed by atoms with van der Waals surface area (Å²) < 4.78 is 17.3. The summed E-state index contributed by atoms with van der Waals surface area (Å²) in [6.45, 7) is 0. The maximum Gasteiger partial charge on any atom is 0.707 e. The molecule has 0 radical (unpaired) electrons. The van der Waals surface area contributed by atoms with Gasteiger partial charge in [0, 0.05) is 6.42 Å². The SMILES string of the molecule is OB(O)OC1=CCC(F)(Cl)C=C1. The highest BCUT2D eigenvalue weighted by molar-refractivity contribution is 6.33. The van der Waals surface area contributed by atoms with Crippen LogP contribution in [-0.2, 0) is 4.65 Å². The highest BCUT2D eigenvalue weighted by Gasteiger charge is 2.25. The van der Waals surface area contributed by atoms with Crippen LogP contribution in [0.2, 0.25) is 0 Å². The van der Waals surface area contributed by atoms with E-state index >= 15 is 0 Å². The van der Waals surface area contributed by atoms with E-state index in [1.54, 1.807) is 0 Å². The lowest BCUT2D eigenvalue weighted by molar-refractivity contribution is 0.239. The molecule has 3 nitrogen and oxygen atoms in total. The fourth-order valence-corrected chi connectivity index (χ4v) is 0.926. The van der Waals surface area contributed by atoms with Gasteiger partial charge in [-0.1, -0.05) is 11.6 Å². The van der Waals surface area contributed by atoms with Crippen molar-refractivity contribution in [3.05, 3.63) is 24.0 Å². The average Bonchev–Trinajstić information content (AvgIpc) is 1.93. The second-order valence-corrected chi connectivity index (χ2v) is 2.98. The first-order chi connectivity index (χ1) is 5.49. The van der Waals surface area contributed by atoms with Gasteiger partial charge in [0.05, 0.1) is 5.76 Å². The minimum atomic E-state index is -1.89. The Morgan fingerprint density at radius 1 is 1.67 bits per heavy atom. The van der Waals surface area contributed by atoms with Gasteiger partial charge in [-0.05, 0) is 18.2 Å². The van der Waals surface area contributed by atoms with Crippen LogP contribution in [0.4, 0.5) is 4.39 Å². The zero-order valence-corrected chi connectivity index (χ0v) is 6.83. The molecule has 66 valence electrons. The third-order valence-electron chi connectivity index (χ3n) is 1.31. The topological polar surface area (TPSA) is 49.7 Å². The van der Waals surface area contributed by atoms with E-state index in [9.17, 15) is 4.39 Å². The molecule has 1 aliphatic carbocycles. The second kappa shape index (κ2) is 3.47. The zero-order chi connectivity index (χ0) is 9.19. The van der Waals surface area contributed by atoms with Crippen LogP contribution in [0.5, 0.6) is 0 Å². The van der Waals surface area contributed by atoms with Crippen LogP contribution in [-0.4, -0.2) is 22.5 Å². The lowest BCUT2D eigenvalue weighted by Gasteiger charge is -2.16. The van der Waals surface area contributed by atoms with Crippen LogP contribution in [0.15, 0.2) is 24.0 Å². The monoisotopic (exact) mass is 192 g/mol. The van der Waals surface area contributed by atoms with Gasteiger partial charge in [-0.25, -0.2) is 4.39 Å². The van der Waals surface area contributed by atoms with Crippen molar-refractivity contribution in [2.45, 2.75) is 11.5 Å². The summed E-state index contributed by atoms with van der Waals surface area (Å²) >= 11 is 5.30. The Bertz CT molecular complexity index is 227. The lowest BCUT2D eigenvalue weighted by Crippen LogP contribution is -2.19. The standard InChI is InChI=1S/C6H7BClFO3/c8-6(9)3-1-5(2-4-6)12-7(10)11/h1-3,10-11H,4H2. The summed E-state index contributed by atoms with van der Waals surface area (Å²) in [6.07, 6.45) is 3.63. The molecule has 0 bridgehead atoms. The van der Waals surface area contributed by atoms with Crippen molar-refractivity contribution in [2.24, 2.45) is 0 Å². The van der Waals surface area contributed by atoms with Crippen LogP contribution in [0.25, 0.3) is 0 Å². The van der Waals surface area contributed by atoms with Gasteiger partial charge in [0.2, 0.25) is 5.13 Å². The molecule has 0 saturated carbocycles. The van der Waals surface area contributed by atoms with E-state index in [2.05, 4.69) is 4.65 Å². The number of hydrogen-bond acceptors (Lipinski definition) is 3. The molecule has 0 spiro atoms.